The number of benzene rings is 5. The maximum absolute atomic E-state index is 14.0. The molecule has 0 saturated carbocycles. The number of halogens is 1. The Bertz CT molecular complexity index is 3330. The second-order valence-electron chi connectivity index (χ2n) is 17.6. The molecular weight excluding hydrogens is 972 g/mol. The zero-order chi connectivity index (χ0) is 49.9. The third kappa shape index (κ3) is 9.40. The Hall–Kier alpha value is -5.53. The van der Waals surface area contributed by atoms with Crippen molar-refractivity contribution < 1.29 is 38.5 Å². The summed E-state index contributed by atoms with van der Waals surface area (Å²) < 4.78 is 78.3. The van der Waals surface area contributed by atoms with Gasteiger partial charge in [-0.15, -0.1) is 53.5 Å². The first-order chi connectivity index (χ1) is 32.5. The average Bonchev–Trinajstić information content (AvgIpc) is 3.86. The van der Waals surface area contributed by atoms with Crippen molar-refractivity contribution in [3.05, 3.63) is 162 Å². The number of rotatable bonds is 9. The standard InChI is InChI=1S/C36H29FN3O.C19H26NSi.Ir/c1-21(2)28-19-24(23-11-6-5-7-12-23)20-29(22(3)4)33(28)40-31-16-9-8-15-30(31)38-35(40)27-14-10-13-25-26-17-18-32(37)39-36(26)41-34(25)27;1-14(2)11-17-12-18(16-9-7-15(3)8-10-16)20-13-19(17)21(4,5)6;/h5-13,15-22H,1-4H3;7-9,12-14H,11H2,1-6H3;/q2*-1;/i;3D3,7D,8D,11D2;. The Morgan fingerprint density at radius 1 is 0.825 bits per heavy atom. The fourth-order valence-electron chi connectivity index (χ4n) is 7.92. The van der Waals surface area contributed by atoms with Gasteiger partial charge in [0.25, 0.3) is 0 Å². The molecule has 0 spiro atoms. The van der Waals surface area contributed by atoms with Gasteiger partial charge in [0, 0.05) is 47.0 Å². The van der Waals surface area contributed by atoms with Crippen LogP contribution in [0.5, 0.6) is 0 Å². The minimum Gasteiger partial charge on any atom is -0.486 e. The Morgan fingerprint density at radius 3 is 2.21 bits per heavy atom. The first-order valence-electron chi connectivity index (χ1n) is 24.6. The summed E-state index contributed by atoms with van der Waals surface area (Å²) in [7, 11) is -1.87. The van der Waals surface area contributed by atoms with Gasteiger partial charge in [0.1, 0.15) is 0 Å². The minimum absolute atomic E-state index is 0. The molecule has 0 saturated heterocycles. The summed E-state index contributed by atoms with van der Waals surface area (Å²) in [6.45, 7) is 16.4. The molecule has 9 rings (SSSR count). The second-order valence-corrected chi connectivity index (χ2v) is 22.7. The molecule has 323 valence electrons. The molecule has 8 heteroatoms. The van der Waals surface area contributed by atoms with E-state index in [0.717, 1.165) is 38.5 Å². The first-order valence-corrected chi connectivity index (χ1v) is 24.6. The summed E-state index contributed by atoms with van der Waals surface area (Å²) in [4.78, 5) is 13.6. The fraction of sp³-hybridized carbons (Fsp3) is 0.255. The molecule has 9 aromatic rings. The largest absolute Gasteiger partial charge is 0.486 e. The number of furan rings is 1. The SMILES string of the molecule is CC(C)c1cc(-c2ccccc2)cc(C(C)C)c1-n1c(-c2[c-]ccc3c2oc2nc(F)ccc23)nc2ccccc21.[2H]c1[c-]c(-c2cc(C([2H])([2H])C(C)C)c([Si](C)(C)C)cn2)cc([2H])c1C([2H])([2H])[2H].[Ir]. The van der Waals surface area contributed by atoms with Gasteiger partial charge in [0.15, 0.2) is 0 Å². The number of nitrogens with zero attached hydrogens (tertiary/aromatic N) is 4. The van der Waals surface area contributed by atoms with E-state index in [0.29, 0.717) is 28.0 Å². The van der Waals surface area contributed by atoms with Crippen molar-refractivity contribution in [2.45, 2.75) is 86.2 Å². The van der Waals surface area contributed by atoms with Crippen molar-refractivity contribution >= 4 is 46.4 Å². The average molecular weight is 1030 g/mol. The number of hydrogen-bond acceptors (Lipinski definition) is 4. The number of aromatic nitrogens is 4. The second kappa shape index (κ2) is 18.7. The van der Waals surface area contributed by atoms with Gasteiger partial charge in [-0.1, -0.05) is 133 Å². The number of para-hydroxylation sites is 2. The molecule has 0 atom stereocenters. The molecule has 1 radical (unpaired) electrons. The molecule has 0 aliphatic carbocycles. The topological polar surface area (TPSA) is 56.7 Å². The predicted molar refractivity (Wildman–Crippen MR) is 259 cm³/mol. The Morgan fingerprint density at radius 2 is 1.54 bits per heavy atom. The van der Waals surface area contributed by atoms with E-state index in [2.05, 4.69) is 116 Å². The van der Waals surface area contributed by atoms with Crippen molar-refractivity contribution in [1.29, 1.82) is 0 Å². The summed E-state index contributed by atoms with van der Waals surface area (Å²) in [5, 5.41) is 2.54. The summed E-state index contributed by atoms with van der Waals surface area (Å²) in [6, 6.07) is 38.8. The molecule has 4 aromatic heterocycles. The number of pyridine rings is 2. The van der Waals surface area contributed by atoms with Crippen molar-refractivity contribution in [2.24, 2.45) is 5.92 Å². The van der Waals surface area contributed by atoms with Crippen LogP contribution in [-0.2, 0) is 26.5 Å². The predicted octanol–water partition coefficient (Wildman–Crippen LogP) is 14.4. The normalized spacial score (nSPS) is 13.8. The minimum atomic E-state index is -2.56. The van der Waals surface area contributed by atoms with E-state index < -0.39 is 27.2 Å². The molecule has 0 bridgehead atoms. The van der Waals surface area contributed by atoms with Crippen LogP contribution in [0, 0.1) is 30.9 Å². The van der Waals surface area contributed by atoms with Crippen molar-refractivity contribution in [3.63, 3.8) is 0 Å². The summed E-state index contributed by atoms with van der Waals surface area (Å²) in [5.74, 6) is 0.401. The first kappa shape index (κ1) is 36.9. The van der Waals surface area contributed by atoms with E-state index >= 15 is 0 Å². The third-order valence-corrected chi connectivity index (χ3v) is 12.9. The molecule has 0 N–H and O–H groups in total. The van der Waals surface area contributed by atoms with Crippen LogP contribution in [-0.4, -0.2) is 27.6 Å². The van der Waals surface area contributed by atoms with Crippen LogP contribution in [0.3, 0.4) is 0 Å². The molecule has 0 fully saturated rings. The molecular formula is C55H55FIrN4OSi-2. The van der Waals surface area contributed by atoms with E-state index in [1.807, 2.05) is 50.2 Å². The van der Waals surface area contributed by atoms with Crippen LogP contribution in [0.4, 0.5) is 4.39 Å². The molecule has 0 unspecified atom stereocenters. The van der Waals surface area contributed by atoms with Gasteiger partial charge in [-0.3, -0.25) is 4.98 Å². The smallest absolute Gasteiger partial charge is 0.218 e. The van der Waals surface area contributed by atoms with Crippen LogP contribution in [0.1, 0.15) is 85.2 Å². The van der Waals surface area contributed by atoms with E-state index in [9.17, 15) is 4.39 Å². The van der Waals surface area contributed by atoms with Gasteiger partial charge in [-0.2, -0.15) is 9.37 Å². The van der Waals surface area contributed by atoms with Gasteiger partial charge in [-0.25, -0.2) is 0 Å². The summed E-state index contributed by atoms with van der Waals surface area (Å²) in [6.07, 6.45) is 0.120. The molecule has 0 amide bonds. The van der Waals surface area contributed by atoms with Crippen LogP contribution in [0.15, 0.2) is 126 Å². The van der Waals surface area contributed by atoms with Gasteiger partial charge >= 0.3 is 0 Å². The van der Waals surface area contributed by atoms with E-state index in [1.165, 1.54) is 34.4 Å². The number of fused-ring (bicyclic) bond motifs is 4. The van der Waals surface area contributed by atoms with Crippen LogP contribution in [0.25, 0.3) is 72.6 Å². The number of hydrogen-bond donors (Lipinski definition) is 0. The zero-order valence-electron chi connectivity index (χ0n) is 44.0. The van der Waals surface area contributed by atoms with Gasteiger partial charge in [0.2, 0.25) is 11.7 Å². The van der Waals surface area contributed by atoms with Gasteiger partial charge in [0.05, 0.1) is 30.5 Å². The molecule has 0 aliphatic heterocycles. The van der Waals surface area contributed by atoms with Gasteiger partial charge in [-0.05, 0) is 93.7 Å². The monoisotopic (exact) mass is 1030 g/mol. The summed E-state index contributed by atoms with van der Waals surface area (Å²) >= 11 is 0. The Labute approximate surface area is 396 Å². The maximum Gasteiger partial charge on any atom is 0.218 e. The molecule has 5 aromatic carbocycles. The Kier molecular flexibility index (Phi) is 10.9. The van der Waals surface area contributed by atoms with E-state index in [1.54, 1.807) is 18.3 Å². The van der Waals surface area contributed by atoms with Crippen LogP contribution < -0.4 is 5.19 Å². The van der Waals surface area contributed by atoms with Gasteiger partial charge < -0.3 is 14.0 Å². The van der Waals surface area contributed by atoms with E-state index in [-0.39, 0.29) is 61.2 Å². The molecule has 0 aliphatic rings. The zero-order valence-corrected chi connectivity index (χ0v) is 40.4. The van der Waals surface area contributed by atoms with E-state index in [4.69, 9.17) is 19.0 Å². The third-order valence-electron chi connectivity index (χ3n) is 10.9. The van der Waals surface area contributed by atoms with Crippen molar-refractivity contribution in [1.82, 2.24) is 19.5 Å². The summed E-state index contributed by atoms with van der Waals surface area (Å²) in [5.41, 5.74) is 10.4. The van der Waals surface area contributed by atoms with Crippen LogP contribution >= 0.6 is 0 Å². The fourth-order valence-corrected chi connectivity index (χ4v) is 9.32. The quantitative estimate of drug-likeness (QED) is 0.0821. The molecule has 5 nitrogen and oxygen atoms in total. The van der Waals surface area contributed by atoms with Crippen LogP contribution in [0.2, 0.25) is 19.6 Å². The Balaban J connectivity index is 0.000000220. The van der Waals surface area contributed by atoms with Crippen molar-refractivity contribution in [2.75, 3.05) is 0 Å². The van der Waals surface area contributed by atoms with Crippen molar-refractivity contribution in [3.8, 4) is 39.5 Å². The molecule has 4 heterocycles. The number of imidazole rings is 1. The maximum atomic E-state index is 14.0. The molecule has 63 heavy (non-hydrogen) atoms.